The first-order valence-corrected chi connectivity index (χ1v) is 8.03. The van der Waals surface area contributed by atoms with Crippen molar-refractivity contribution in [3.63, 3.8) is 0 Å². The maximum atomic E-state index is 12.7. The van der Waals surface area contributed by atoms with Crippen LogP contribution in [0.1, 0.15) is 19.3 Å². The molecular formula is C18H24N4O. The number of anilines is 2. The van der Waals surface area contributed by atoms with Gasteiger partial charge in [0.05, 0.1) is 17.9 Å². The molecule has 2 atom stereocenters. The number of carbonyl (C=O) groups is 1. The van der Waals surface area contributed by atoms with Crippen molar-refractivity contribution in [2.24, 2.45) is 5.92 Å². The van der Waals surface area contributed by atoms with E-state index in [1.807, 2.05) is 44.4 Å². The number of nitrogens with zero attached hydrogens (tertiary/aromatic N) is 3. The minimum atomic E-state index is -0.0292. The van der Waals surface area contributed by atoms with Gasteiger partial charge in [-0.05, 0) is 31.4 Å². The van der Waals surface area contributed by atoms with Crippen LogP contribution < -0.4 is 10.2 Å². The zero-order valence-electron chi connectivity index (χ0n) is 14.0. The summed E-state index contributed by atoms with van der Waals surface area (Å²) in [6.45, 7) is 4.19. The van der Waals surface area contributed by atoms with Crippen molar-refractivity contribution in [3.8, 4) is 0 Å². The number of pyridine rings is 1. The third kappa shape index (κ3) is 2.96. The van der Waals surface area contributed by atoms with Crippen LogP contribution in [0.4, 0.5) is 11.5 Å². The third-order valence-electron chi connectivity index (χ3n) is 4.72. The fraction of sp³-hybridized carbons (Fsp3) is 0.444. The summed E-state index contributed by atoms with van der Waals surface area (Å²) in [5.41, 5.74) is 2.82. The summed E-state index contributed by atoms with van der Waals surface area (Å²) in [5, 5.41) is 2.97. The summed E-state index contributed by atoms with van der Waals surface area (Å²) < 4.78 is 0. The van der Waals surface area contributed by atoms with Crippen LogP contribution in [0.5, 0.6) is 0 Å². The Kier molecular flexibility index (Phi) is 4.11. The van der Waals surface area contributed by atoms with Crippen LogP contribution in [0, 0.1) is 5.92 Å². The average Bonchev–Trinajstić information content (AvgIpc) is 2.86. The van der Waals surface area contributed by atoms with Crippen molar-refractivity contribution < 1.29 is 4.79 Å². The zero-order chi connectivity index (χ0) is 16.6. The molecular weight excluding hydrogens is 288 g/mol. The van der Waals surface area contributed by atoms with Crippen LogP contribution in [0.15, 0.2) is 42.3 Å². The minimum Gasteiger partial charge on any atom is -0.373 e. The molecule has 0 radical (unpaired) electrons. The maximum absolute atomic E-state index is 12.7. The monoisotopic (exact) mass is 312 g/mol. The third-order valence-corrected chi connectivity index (χ3v) is 4.72. The van der Waals surface area contributed by atoms with Gasteiger partial charge in [0.1, 0.15) is 5.82 Å². The summed E-state index contributed by atoms with van der Waals surface area (Å²) in [5.74, 6) is 1.10. The molecule has 1 saturated carbocycles. The Labute approximate surface area is 137 Å². The fourth-order valence-corrected chi connectivity index (χ4v) is 3.59. The van der Waals surface area contributed by atoms with E-state index in [-0.39, 0.29) is 17.9 Å². The number of hydrogen-bond donors (Lipinski definition) is 1. The Morgan fingerprint density at radius 1 is 1.43 bits per heavy atom. The Morgan fingerprint density at radius 3 is 2.87 bits per heavy atom. The number of aromatic nitrogens is 1. The predicted molar refractivity (Wildman–Crippen MR) is 93.3 cm³/mol. The largest absolute Gasteiger partial charge is 0.373 e. The molecule has 5 nitrogen and oxygen atoms in total. The molecule has 2 heterocycles. The Balaban J connectivity index is 1.73. The number of rotatable bonds is 3. The van der Waals surface area contributed by atoms with Gasteiger partial charge in [0.2, 0.25) is 0 Å². The predicted octanol–water partition coefficient (Wildman–Crippen LogP) is 2.64. The van der Waals surface area contributed by atoms with E-state index in [1.165, 1.54) is 5.57 Å². The second-order valence-corrected chi connectivity index (χ2v) is 6.61. The molecule has 0 aromatic carbocycles. The molecule has 1 fully saturated rings. The fourth-order valence-electron chi connectivity index (χ4n) is 3.59. The Bertz CT molecular complexity index is 647. The Hall–Kier alpha value is -2.30. The molecule has 1 amide bonds. The normalized spacial score (nSPS) is 23.3. The van der Waals surface area contributed by atoms with Gasteiger partial charge in [-0.25, -0.2) is 4.98 Å². The molecule has 1 aliphatic carbocycles. The maximum Gasteiger partial charge on any atom is 0.253 e. The lowest BCUT2D eigenvalue weighted by Crippen LogP contribution is -2.35. The number of fused-ring (bicyclic) bond motifs is 1. The van der Waals surface area contributed by atoms with Gasteiger partial charge in [0.25, 0.3) is 5.91 Å². The van der Waals surface area contributed by atoms with E-state index in [9.17, 15) is 4.79 Å². The van der Waals surface area contributed by atoms with Gasteiger partial charge in [-0.1, -0.05) is 12.2 Å². The van der Waals surface area contributed by atoms with Gasteiger partial charge < -0.3 is 15.1 Å². The average molecular weight is 312 g/mol. The lowest BCUT2D eigenvalue weighted by Gasteiger charge is -2.33. The minimum absolute atomic E-state index is 0.0292. The van der Waals surface area contributed by atoms with Crippen molar-refractivity contribution in [3.05, 3.63) is 42.3 Å². The molecule has 2 aliphatic rings. The molecule has 1 N–H and O–H groups in total. The van der Waals surface area contributed by atoms with E-state index >= 15 is 0 Å². The molecule has 1 aliphatic heterocycles. The number of likely N-dealkylation sites (N-methyl/N-ethyl adjacent to an activating group) is 1. The summed E-state index contributed by atoms with van der Waals surface area (Å²) in [7, 11) is 5.91. The van der Waals surface area contributed by atoms with Crippen molar-refractivity contribution in [1.29, 1.82) is 0 Å². The smallest absolute Gasteiger partial charge is 0.253 e. The first-order chi connectivity index (χ1) is 11.0. The molecule has 2 unspecified atom stereocenters. The van der Waals surface area contributed by atoms with Crippen molar-refractivity contribution in [2.75, 3.05) is 31.4 Å². The molecule has 122 valence electrons. The first kappa shape index (κ1) is 15.6. The van der Waals surface area contributed by atoms with Gasteiger partial charge in [-0.3, -0.25) is 4.79 Å². The van der Waals surface area contributed by atoms with E-state index in [4.69, 9.17) is 0 Å². The molecule has 5 heteroatoms. The number of nitrogens with one attached hydrogen (secondary N) is 1. The van der Waals surface area contributed by atoms with Gasteiger partial charge in [-0.15, -0.1) is 0 Å². The number of amides is 1. The van der Waals surface area contributed by atoms with Gasteiger partial charge >= 0.3 is 0 Å². The van der Waals surface area contributed by atoms with Gasteiger partial charge in [0.15, 0.2) is 0 Å². The van der Waals surface area contributed by atoms with Crippen LogP contribution in [0.2, 0.25) is 0 Å². The lowest BCUT2D eigenvalue weighted by molar-refractivity contribution is -0.113. The van der Waals surface area contributed by atoms with E-state index in [0.717, 1.165) is 36.3 Å². The lowest BCUT2D eigenvalue weighted by atomic mass is 9.79. The molecule has 3 rings (SSSR count). The molecule has 23 heavy (non-hydrogen) atoms. The molecule has 0 spiro atoms. The van der Waals surface area contributed by atoms with Gasteiger partial charge in [0, 0.05) is 38.8 Å². The van der Waals surface area contributed by atoms with Crippen LogP contribution in [0.3, 0.4) is 0 Å². The first-order valence-electron chi connectivity index (χ1n) is 8.03. The topological polar surface area (TPSA) is 48.5 Å². The highest BCUT2D eigenvalue weighted by molar-refractivity contribution is 6.04. The number of hydrogen-bond acceptors (Lipinski definition) is 4. The molecule has 1 aromatic rings. The van der Waals surface area contributed by atoms with Gasteiger partial charge in [-0.2, -0.15) is 0 Å². The van der Waals surface area contributed by atoms with Crippen LogP contribution >= 0.6 is 0 Å². The van der Waals surface area contributed by atoms with E-state index < -0.39 is 0 Å². The second kappa shape index (κ2) is 6.07. The number of carbonyl (C=O) groups excluding carboxylic acids is 1. The highest BCUT2D eigenvalue weighted by Crippen LogP contribution is 2.40. The summed E-state index contributed by atoms with van der Waals surface area (Å²) >= 11 is 0. The molecule has 0 saturated heterocycles. The highest BCUT2D eigenvalue weighted by atomic mass is 16.1. The van der Waals surface area contributed by atoms with Crippen LogP contribution in [-0.4, -0.2) is 43.0 Å². The summed E-state index contributed by atoms with van der Waals surface area (Å²) in [4.78, 5) is 21.1. The van der Waals surface area contributed by atoms with Crippen molar-refractivity contribution in [2.45, 2.75) is 25.3 Å². The summed E-state index contributed by atoms with van der Waals surface area (Å²) in [6, 6.07) is 4.06. The van der Waals surface area contributed by atoms with Crippen molar-refractivity contribution >= 4 is 17.4 Å². The van der Waals surface area contributed by atoms with Crippen molar-refractivity contribution in [1.82, 2.24) is 9.88 Å². The summed E-state index contributed by atoms with van der Waals surface area (Å²) in [6.07, 6.45) is 6.89. The van der Waals surface area contributed by atoms with Crippen LogP contribution in [0.25, 0.3) is 0 Å². The van der Waals surface area contributed by atoms with E-state index in [0.29, 0.717) is 0 Å². The Morgan fingerprint density at radius 2 is 2.22 bits per heavy atom. The standard InChI is InChI=1S/C18H24N4O/c1-12-6-5-7-14-15(11-22(4)17(12)14)18(23)20-13-8-9-16(19-10-13)21(2)3/h8-11,14,17H,1,5-7H2,2-4H3,(H,20,23). The second-order valence-electron chi connectivity index (χ2n) is 6.61. The molecule has 1 aromatic heterocycles. The highest BCUT2D eigenvalue weighted by Gasteiger charge is 2.39. The van der Waals surface area contributed by atoms with Crippen LogP contribution in [-0.2, 0) is 4.79 Å². The zero-order valence-corrected chi connectivity index (χ0v) is 14.0. The van der Waals surface area contributed by atoms with E-state index in [1.54, 1.807) is 6.20 Å². The van der Waals surface area contributed by atoms with E-state index in [2.05, 4.69) is 21.8 Å². The SMILES string of the molecule is C=C1CCCC2C(C(=O)Nc3ccc(N(C)C)nc3)=CN(C)C12. The quantitative estimate of drug-likeness (QED) is 0.872. The molecule has 0 bridgehead atoms.